The maximum Gasteiger partial charge on any atom is 0.209 e. The summed E-state index contributed by atoms with van der Waals surface area (Å²) in [4.78, 5) is 2.38. The normalized spacial score (nSPS) is 15.3. The van der Waals surface area contributed by atoms with E-state index in [9.17, 15) is 8.42 Å². The third kappa shape index (κ3) is 5.12. The summed E-state index contributed by atoms with van der Waals surface area (Å²) < 4.78 is 26.9. The fraction of sp³-hybridized carbons (Fsp3) is 0.471. The van der Waals surface area contributed by atoms with Crippen molar-refractivity contribution >= 4 is 10.0 Å². The molecule has 2 heterocycles. The molecule has 0 radical (unpaired) electrons. The molecule has 0 bridgehead atoms. The minimum Gasteiger partial charge on any atom is -0.330 e. The lowest BCUT2D eigenvalue weighted by atomic mass is 10.1. The molecule has 8 heteroatoms. The number of benzene rings is 1. The van der Waals surface area contributed by atoms with Gasteiger partial charge in [0.25, 0.3) is 0 Å². The molecule has 0 saturated heterocycles. The van der Waals surface area contributed by atoms with Gasteiger partial charge in [0.2, 0.25) is 10.0 Å². The van der Waals surface area contributed by atoms with Crippen molar-refractivity contribution in [3.63, 3.8) is 0 Å². The number of aromatic nitrogens is 2. The average molecular weight is 363 g/mol. The van der Waals surface area contributed by atoms with Gasteiger partial charge in [-0.25, -0.2) is 13.1 Å². The molecular formula is C17H25N5O2S. The summed E-state index contributed by atoms with van der Waals surface area (Å²) in [7, 11) is -3.20. The molecule has 0 saturated carbocycles. The van der Waals surface area contributed by atoms with Crippen LogP contribution in [0.4, 0.5) is 0 Å². The molecule has 0 aliphatic carbocycles. The van der Waals surface area contributed by atoms with Crippen LogP contribution >= 0.6 is 0 Å². The van der Waals surface area contributed by atoms with Crippen molar-refractivity contribution in [2.24, 2.45) is 5.73 Å². The second kappa shape index (κ2) is 7.65. The Balaban J connectivity index is 1.60. The van der Waals surface area contributed by atoms with Gasteiger partial charge in [-0.1, -0.05) is 24.3 Å². The van der Waals surface area contributed by atoms with Gasteiger partial charge in [0, 0.05) is 19.6 Å². The number of nitrogens with one attached hydrogen (secondary N) is 1. The molecule has 3 N–H and O–H groups in total. The molecule has 3 rings (SSSR count). The Morgan fingerprint density at radius 2 is 1.92 bits per heavy atom. The third-order valence-corrected chi connectivity index (χ3v) is 4.97. The number of hydrogen-bond donors (Lipinski definition) is 2. The van der Waals surface area contributed by atoms with Gasteiger partial charge in [0.05, 0.1) is 30.7 Å². The SMILES string of the molecule is CS(=O)(=O)NCc1cc2n(n1)CCN(Cc1ccc(CCN)cc1)C2. The Bertz CT molecular complexity index is 814. The lowest BCUT2D eigenvalue weighted by Crippen LogP contribution is -2.33. The van der Waals surface area contributed by atoms with Crippen LogP contribution in [-0.4, -0.2) is 42.4 Å². The highest BCUT2D eigenvalue weighted by Crippen LogP contribution is 2.17. The van der Waals surface area contributed by atoms with Crippen LogP contribution in [0.15, 0.2) is 30.3 Å². The number of sulfonamides is 1. The van der Waals surface area contributed by atoms with Crippen LogP contribution < -0.4 is 10.5 Å². The zero-order chi connectivity index (χ0) is 17.9. The van der Waals surface area contributed by atoms with E-state index in [2.05, 4.69) is 39.0 Å². The molecule has 25 heavy (non-hydrogen) atoms. The summed E-state index contributed by atoms with van der Waals surface area (Å²) in [5.41, 5.74) is 10.0. The van der Waals surface area contributed by atoms with E-state index >= 15 is 0 Å². The Morgan fingerprint density at radius 1 is 1.20 bits per heavy atom. The summed E-state index contributed by atoms with van der Waals surface area (Å²) in [5, 5.41) is 4.48. The second-order valence-electron chi connectivity index (χ2n) is 6.51. The lowest BCUT2D eigenvalue weighted by Gasteiger charge is -2.27. The third-order valence-electron chi connectivity index (χ3n) is 4.31. The van der Waals surface area contributed by atoms with Crippen LogP contribution in [0.2, 0.25) is 0 Å². The summed E-state index contributed by atoms with van der Waals surface area (Å²) in [6.45, 7) is 4.37. The first-order chi connectivity index (χ1) is 11.9. The molecule has 7 nitrogen and oxygen atoms in total. The van der Waals surface area contributed by atoms with Crippen LogP contribution in [0.5, 0.6) is 0 Å². The van der Waals surface area contributed by atoms with Crippen LogP contribution in [0.3, 0.4) is 0 Å². The van der Waals surface area contributed by atoms with Crippen LogP contribution in [0.25, 0.3) is 0 Å². The molecule has 1 aromatic carbocycles. The van der Waals surface area contributed by atoms with Crippen molar-refractivity contribution in [3.8, 4) is 0 Å². The average Bonchev–Trinajstić information content (AvgIpc) is 2.97. The summed E-state index contributed by atoms with van der Waals surface area (Å²) in [5.74, 6) is 0. The highest BCUT2D eigenvalue weighted by molar-refractivity contribution is 7.88. The Kier molecular flexibility index (Phi) is 5.53. The van der Waals surface area contributed by atoms with Crippen molar-refractivity contribution in [2.75, 3.05) is 19.3 Å². The standard InChI is InChI=1S/C17H25N5O2S/c1-25(23,24)19-11-16-10-17-13-21(8-9-22(17)20-16)12-15-4-2-14(3-5-15)6-7-18/h2-5,10,19H,6-9,11-13,18H2,1H3. The predicted octanol–water partition coefficient (Wildman–Crippen LogP) is 0.449. The number of hydrogen-bond acceptors (Lipinski definition) is 5. The predicted molar refractivity (Wildman–Crippen MR) is 97.2 cm³/mol. The molecule has 1 aliphatic heterocycles. The Morgan fingerprint density at radius 3 is 2.60 bits per heavy atom. The molecule has 0 atom stereocenters. The monoisotopic (exact) mass is 363 g/mol. The number of nitrogens with two attached hydrogens (primary N) is 1. The zero-order valence-electron chi connectivity index (χ0n) is 14.5. The van der Waals surface area contributed by atoms with E-state index in [4.69, 9.17) is 5.73 Å². The van der Waals surface area contributed by atoms with Crippen LogP contribution in [0.1, 0.15) is 22.5 Å². The van der Waals surface area contributed by atoms with Gasteiger partial charge in [0.15, 0.2) is 0 Å². The van der Waals surface area contributed by atoms with Gasteiger partial charge < -0.3 is 5.73 Å². The van der Waals surface area contributed by atoms with Gasteiger partial charge in [-0.15, -0.1) is 0 Å². The number of fused-ring (bicyclic) bond motifs is 1. The highest BCUT2D eigenvalue weighted by Gasteiger charge is 2.18. The molecule has 2 aromatic rings. The molecule has 0 fully saturated rings. The van der Waals surface area contributed by atoms with Crippen molar-refractivity contribution in [2.45, 2.75) is 32.6 Å². The zero-order valence-corrected chi connectivity index (χ0v) is 15.3. The van der Waals surface area contributed by atoms with Crippen molar-refractivity contribution in [3.05, 3.63) is 52.8 Å². The summed E-state index contributed by atoms with van der Waals surface area (Å²) in [6, 6.07) is 10.6. The molecule has 0 amide bonds. The molecule has 1 aromatic heterocycles. The fourth-order valence-electron chi connectivity index (χ4n) is 3.04. The van der Waals surface area contributed by atoms with Crippen molar-refractivity contribution < 1.29 is 8.42 Å². The Hall–Kier alpha value is -1.74. The van der Waals surface area contributed by atoms with Crippen LogP contribution in [0, 0.1) is 0 Å². The van der Waals surface area contributed by atoms with Gasteiger partial charge in [-0.05, 0) is 30.2 Å². The minimum atomic E-state index is -3.20. The molecule has 0 spiro atoms. The summed E-state index contributed by atoms with van der Waals surface area (Å²) in [6.07, 6.45) is 2.07. The number of rotatable bonds is 7. The van der Waals surface area contributed by atoms with Crippen molar-refractivity contribution in [1.82, 2.24) is 19.4 Å². The first kappa shape index (κ1) is 18.1. The first-order valence-corrected chi connectivity index (χ1v) is 10.3. The van der Waals surface area contributed by atoms with Gasteiger partial charge >= 0.3 is 0 Å². The van der Waals surface area contributed by atoms with E-state index in [-0.39, 0.29) is 6.54 Å². The largest absolute Gasteiger partial charge is 0.330 e. The number of nitrogens with zero attached hydrogens (tertiary/aromatic N) is 3. The highest BCUT2D eigenvalue weighted by atomic mass is 32.2. The van der Waals surface area contributed by atoms with E-state index in [1.807, 2.05) is 10.7 Å². The maximum absolute atomic E-state index is 11.2. The molecule has 0 unspecified atom stereocenters. The lowest BCUT2D eigenvalue weighted by molar-refractivity contribution is 0.205. The smallest absolute Gasteiger partial charge is 0.209 e. The maximum atomic E-state index is 11.2. The fourth-order valence-corrected chi connectivity index (χ4v) is 3.45. The van der Waals surface area contributed by atoms with E-state index in [0.717, 1.165) is 50.2 Å². The first-order valence-electron chi connectivity index (χ1n) is 8.43. The van der Waals surface area contributed by atoms with Crippen molar-refractivity contribution in [1.29, 1.82) is 0 Å². The quantitative estimate of drug-likeness (QED) is 0.745. The molecule has 1 aliphatic rings. The molecular weight excluding hydrogens is 338 g/mol. The second-order valence-corrected chi connectivity index (χ2v) is 8.34. The molecule has 136 valence electrons. The van der Waals surface area contributed by atoms with E-state index < -0.39 is 10.0 Å². The van der Waals surface area contributed by atoms with E-state index in [1.54, 1.807) is 0 Å². The Labute approximate surface area is 148 Å². The van der Waals surface area contributed by atoms with E-state index in [1.165, 1.54) is 11.1 Å². The van der Waals surface area contributed by atoms with Gasteiger partial charge in [-0.3, -0.25) is 9.58 Å². The van der Waals surface area contributed by atoms with Gasteiger partial charge in [-0.2, -0.15) is 5.10 Å². The topological polar surface area (TPSA) is 93.2 Å². The summed E-state index contributed by atoms with van der Waals surface area (Å²) >= 11 is 0. The van der Waals surface area contributed by atoms with Crippen LogP contribution in [-0.2, 0) is 42.6 Å². The minimum absolute atomic E-state index is 0.238. The van der Waals surface area contributed by atoms with Gasteiger partial charge in [0.1, 0.15) is 0 Å². The van der Waals surface area contributed by atoms with E-state index in [0.29, 0.717) is 6.54 Å².